The molecule has 0 heterocycles. The first-order valence-electron chi connectivity index (χ1n) is 7.61. The number of benzene rings is 1. The second-order valence-electron chi connectivity index (χ2n) is 6.00. The van der Waals surface area contributed by atoms with Crippen LogP contribution >= 0.6 is 0 Å². The predicted octanol–water partition coefficient (Wildman–Crippen LogP) is 2.52. The van der Waals surface area contributed by atoms with E-state index < -0.39 is 11.6 Å². The number of hydrogen-bond acceptors (Lipinski definition) is 3. The van der Waals surface area contributed by atoms with Crippen LogP contribution in [0.4, 0.5) is 10.5 Å². The van der Waals surface area contributed by atoms with E-state index in [-0.39, 0.29) is 6.04 Å². The lowest BCUT2D eigenvalue weighted by Crippen LogP contribution is -2.42. The van der Waals surface area contributed by atoms with Crippen LogP contribution in [-0.2, 0) is 0 Å². The Bertz CT molecular complexity index is 467. The number of nitrogens with two attached hydrogens (primary N) is 1. The van der Waals surface area contributed by atoms with Crippen molar-refractivity contribution in [2.75, 3.05) is 11.9 Å². The minimum Gasteiger partial charge on any atom is -0.389 e. The largest absolute Gasteiger partial charge is 0.389 e. The van der Waals surface area contributed by atoms with Crippen molar-refractivity contribution < 1.29 is 9.90 Å². The fourth-order valence-electron chi connectivity index (χ4n) is 2.84. The molecule has 0 aromatic heterocycles. The molecule has 1 unspecified atom stereocenters. The second-order valence-corrected chi connectivity index (χ2v) is 6.00. The van der Waals surface area contributed by atoms with Crippen molar-refractivity contribution in [3.8, 4) is 0 Å². The summed E-state index contributed by atoms with van der Waals surface area (Å²) in [5.74, 6) is 0. The zero-order valence-electron chi connectivity index (χ0n) is 12.6. The summed E-state index contributed by atoms with van der Waals surface area (Å²) < 4.78 is 0. The average molecular weight is 291 g/mol. The lowest BCUT2D eigenvalue weighted by atomic mass is 9.84. The van der Waals surface area contributed by atoms with Crippen LogP contribution in [0, 0.1) is 0 Å². The molecule has 5 nitrogen and oxygen atoms in total. The molecule has 5 heteroatoms. The summed E-state index contributed by atoms with van der Waals surface area (Å²) in [5, 5.41) is 16.4. The van der Waals surface area contributed by atoms with E-state index in [0.29, 0.717) is 12.2 Å². The van der Waals surface area contributed by atoms with E-state index in [1.54, 1.807) is 0 Å². The van der Waals surface area contributed by atoms with Crippen molar-refractivity contribution in [3.63, 3.8) is 0 Å². The molecule has 0 bridgehead atoms. The molecule has 0 saturated heterocycles. The number of anilines is 1. The molecule has 21 heavy (non-hydrogen) atoms. The van der Waals surface area contributed by atoms with Gasteiger partial charge in [-0.3, -0.25) is 0 Å². The number of hydrogen-bond donors (Lipinski definition) is 4. The Morgan fingerprint density at radius 3 is 2.48 bits per heavy atom. The molecule has 1 aromatic carbocycles. The minimum atomic E-state index is -0.562. The summed E-state index contributed by atoms with van der Waals surface area (Å²) in [5.41, 5.74) is 6.32. The molecule has 5 N–H and O–H groups in total. The molecule has 1 aromatic rings. The third kappa shape index (κ3) is 4.72. The molecule has 1 atom stereocenters. The van der Waals surface area contributed by atoms with E-state index in [2.05, 4.69) is 17.6 Å². The zero-order chi connectivity index (χ0) is 15.3. The third-order valence-corrected chi connectivity index (χ3v) is 4.20. The van der Waals surface area contributed by atoms with Crippen LogP contribution < -0.4 is 16.4 Å². The molecule has 2 amide bonds. The zero-order valence-corrected chi connectivity index (χ0v) is 12.6. The standard InChI is InChI=1S/C16H25N3O2/c1-12(18-11-16(21)9-3-2-4-10-16)13-5-7-14(8-6-13)19-15(17)20/h5-8,12,18,21H,2-4,9-11H2,1H3,(H3,17,19,20). The Kier molecular flexibility index (Phi) is 5.20. The Balaban J connectivity index is 1.87. The Morgan fingerprint density at radius 2 is 1.90 bits per heavy atom. The number of carbonyl (C=O) groups is 1. The fraction of sp³-hybridized carbons (Fsp3) is 0.562. The number of carbonyl (C=O) groups excluding carboxylic acids is 1. The molecule has 1 fully saturated rings. The van der Waals surface area contributed by atoms with Crippen LogP contribution in [0.2, 0.25) is 0 Å². The van der Waals surface area contributed by atoms with Crippen molar-refractivity contribution in [3.05, 3.63) is 29.8 Å². The molecule has 0 aliphatic heterocycles. The van der Waals surface area contributed by atoms with Crippen LogP contribution in [0.15, 0.2) is 24.3 Å². The van der Waals surface area contributed by atoms with Crippen molar-refractivity contribution in [1.82, 2.24) is 5.32 Å². The quantitative estimate of drug-likeness (QED) is 0.672. The minimum absolute atomic E-state index is 0.151. The molecule has 1 saturated carbocycles. The van der Waals surface area contributed by atoms with Crippen molar-refractivity contribution >= 4 is 11.7 Å². The Morgan fingerprint density at radius 1 is 1.29 bits per heavy atom. The van der Waals surface area contributed by atoms with Gasteiger partial charge in [0.15, 0.2) is 0 Å². The van der Waals surface area contributed by atoms with E-state index in [9.17, 15) is 9.90 Å². The van der Waals surface area contributed by atoms with E-state index in [0.717, 1.165) is 31.2 Å². The van der Waals surface area contributed by atoms with Gasteiger partial charge in [0.2, 0.25) is 0 Å². The molecular formula is C16H25N3O2. The Hall–Kier alpha value is -1.59. The highest BCUT2D eigenvalue weighted by Gasteiger charge is 2.29. The van der Waals surface area contributed by atoms with Gasteiger partial charge >= 0.3 is 6.03 Å². The first-order valence-corrected chi connectivity index (χ1v) is 7.61. The summed E-state index contributed by atoms with van der Waals surface area (Å²) in [6.07, 6.45) is 5.22. The maximum absolute atomic E-state index is 10.8. The topological polar surface area (TPSA) is 87.4 Å². The molecule has 0 spiro atoms. The van der Waals surface area contributed by atoms with Gasteiger partial charge < -0.3 is 21.5 Å². The number of aliphatic hydroxyl groups is 1. The highest BCUT2D eigenvalue weighted by Crippen LogP contribution is 2.28. The molecule has 0 radical (unpaired) electrons. The lowest BCUT2D eigenvalue weighted by molar-refractivity contribution is 0.00300. The first kappa shape index (κ1) is 15.8. The summed E-state index contributed by atoms with van der Waals surface area (Å²) >= 11 is 0. The van der Waals surface area contributed by atoms with Gasteiger partial charge in [-0.2, -0.15) is 0 Å². The van der Waals surface area contributed by atoms with E-state index >= 15 is 0 Å². The maximum atomic E-state index is 10.8. The second kappa shape index (κ2) is 6.91. The number of nitrogens with one attached hydrogen (secondary N) is 2. The number of urea groups is 1. The van der Waals surface area contributed by atoms with Crippen molar-refractivity contribution in [2.45, 2.75) is 50.7 Å². The maximum Gasteiger partial charge on any atom is 0.316 e. The lowest BCUT2D eigenvalue weighted by Gasteiger charge is -2.33. The highest BCUT2D eigenvalue weighted by atomic mass is 16.3. The molecule has 1 aliphatic rings. The van der Waals surface area contributed by atoms with Crippen molar-refractivity contribution in [1.29, 1.82) is 0 Å². The summed E-state index contributed by atoms with van der Waals surface area (Å²) in [6.45, 7) is 2.69. The number of primary amides is 1. The highest BCUT2D eigenvalue weighted by molar-refractivity contribution is 5.87. The van der Waals surface area contributed by atoms with Crippen LogP contribution in [0.3, 0.4) is 0 Å². The third-order valence-electron chi connectivity index (χ3n) is 4.20. The van der Waals surface area contributed by atoms with Gasteiger partial charge in [-0.15, -0.1) is 0 Å². The fourth-order valence-corrected chi connectivity index (χ4v) is 2.84. The summed E-state index contributed by atoms with van der Waals surface area (Å²) in [6, 6.07) is 7.15. The van der Waals surface area contributed by atoms with E-state index in [4.69, 9.17) is 5.73 Å². The monoisotopic (exact) mass is 291 g/mol. The average Bonchev–Trinajstić information content (AvgIpc) is 2.46. The SMILES string of the molecule is CC(NCC1(O)CCCCC1)c1ccc(NC(N)=O)cc1. The molecule has 1 aliphatic carbocycles. The predicted molar refractivity (Wildman–Crippen MR) is 84.1 cm³/mol. The van der Waals surface area contributed by atoms with Gasteiger partial charge in [-0.25, -0.2) is 4.79 Å². The van der Waals surface area contributed by atoms with Gasteiger partial charge in [0.1, 0.15) is 0 Å². The molecule has 116 valence electrons. The number of rotatable bonds is 5. The normalized spacial score (nSPS) is 19.0. The Labute approximate surface area is 125 Å². The van der Waals surface area contributed by atoms with Crippen LogP contribution in [-0.4, -0.2) is 23.3 Å². The molecule has 2 rings (SSSR count). The molecular weight excluding hydrogens is 266 g/mol. The van der Waals surface area contributed by atoms with Gasteiger partial charge in [0, 0.05) is 18.3 Å². The van der Waals surface area contributed by atoms with Gasteiger partial charge in [0.25, 0.3) is 0 Å². The van der Waals surface area contributed by atoms with E-state index in [1.165, 1.54) is 6.42 Å². The van der Waals surface area contributed by atoms with Crippen LogP contribution in [0.1, 0.15) is 50.6 Å². The van der Waals surface area contributed by atoms with Crippen LogP contribution in [0.5, 0.6) is 0 Å². The van der Waals surface area contributed by atoms with Gasteiger partial charge in [0.05, 0.1) is 5.60 Å². The van der Waals surface area contributed by atoms with Crippen LogP contribution in [0.25, 0.3) is 0 Å². The number of amides is 2. The summed E-state index contributed by atoms with van der Waals surface area (Å²) in [4.78, 5) is 10.8. The van der Waals surface area contributed by atoms with Crippen molar-refractivity contribution in [2.24, 2.45) is 5.73 Å². The summed E-state index contributed by atoms with van der Waals surface area (Å²) in [7, 11) is 0. The van der Waals surface area contributed by atoms with Gasteiger partial charge in [-0.1, -0.05) is 31.4 Å². The first-order chi connectivity index (χ1) is 9.98. The van der Waals surface area contributed by atoms with Gasteiger partial charge in [-0.05, 0) is 37.5 Å². The smallest absolute Gasteiger partial charge is 0.316 e. The van der Waals surface area contributed by atoms with E-state index in [1.807, 2.05) is 24.3 Å².